The number of aryl methyl sites for hydroxylation is 1. The van der Waals surface area contributed by atoms with Crippen LogP contribution in [0.2, 0.25) is 0 Å². The molecule has 122 valence electrons. The zero-order valence-electron chi connectivity index (χ0n) is 13.8. The molecule has 1 aliphatic heterocycles. The quantitative estimate of drug-likeness (QED) is 0.799. The molecule has 2 aromatic carbocycles. The number of hydrogen-bond donors (Lipinski definition) is 1. The number of nitrogens with one attached hydrogen (secondary N) is 1. The molecule has 2 atom stereocenters. The second kappa shape index (κ2) is 6.00. The van der Waals surface area contributed by atoms with E-state index in [-0.39, 0.29) is 12.1 Å². The Morgan fingerprint density at radius 2 is 1.96 bits per heavy atom. The van der Waals surface area contributed by atoms with Crippen LogP contribution in [0.25, 0.3) is 0 Å². The molecule has 0 unspecified atom stereocenters. The fourth-order valence-electron chi connectivity index (χ4n) is 3.26. The molecule has 1 aliphatic rings. The van der Waals surface area contributed by atoms with E-state index in [0.29, 0.717) is 0 Å². The molecular formula is C19H20N4O. The third kappa shape index (κ3) is 2.62. The minimum Gasteiger partial charge on any atom is -0.497 e. The predicted molar refractivity (Wildman–Crippen MR) is 93.3 cm³/mol. The van der Waals surface area contributed by atoms with Gasteiger partial charge in [0.15, 0.2) is 0 Å². The van der Waals surface area contributed by atoms with Gasteiger partial charge in [0.25, 0.3) is 0 Å². The largest absolute Gasteiger partial charge is 0.497 e. The number of ether oxygens (including phenoxy) is 1. The summed E-state index contributed by atoms with van der Waals surface area (Å²) in [5, 5.41) is 7.91. The molecule has 0 saturated carbocycles. The number of aromatic nitrogens is 3. The lowest BCUT2D eigenvalue weighted by molar-refractivity contribution is 0.406. The van der Waals surface area contributed by atoms with Crippen LogP contribution >= 0.6 is 0 Å². The summed E-state index contributed by atoms with van der Waals surface area (Å²) in [6.07, 6.45) is 2.51. The molecule has 24 heavy (non-hydrogen) atoms. The number of fused-ring (bicyclic) bond motifs is 1. The van der Waals surface area contributed by atoms with E-state index < -0.39 is 0 Å². The highest BCUT2D eigenvalue weighted by Crippen LogP contribution is 2.38. The molecule has 1 aromatic heterocycles. The predicted octanol–water partition coefficient (Wildman–Crippen LogP) is 3.74. The SMILES string of the molecule is COc1cccc([C@H]2C[C@@H](c3ccc(C)cc3)Nc3ncnn32)c1. The first-order chi connectivity index (χ1) is 11.7. The zero-order chi connectivity index (χ0) is 16.5. The summed E-state index contributed by atoms with van der Waals surface area (Å²) < 4.78 is 7.34. The Hall–Kier alpha value is -2.82. The Morgan fingerprint density at radius 3 is 2.75 bits per heavy atom. The Bertz CT molecular complexity index is 841. The minimum absolute atomic E-state index is 0.130. The minimum atomic E-state index is 0.130. The summed E-state index contributed by atoms with van der Waals surface area (Å²) in [4.78, 5) is 4.38. The van der Waals surface area contributed by atoms with E-state index in [4.69, 9.17) is 4.74 Å². The first-order valence-electron chi connectivity index (χ1n) is 8.11. The van der Waals surface area contributed by atoms with Gasteiger partial charge in [0.1, 0.15) is 12.1 Å². The molecule has 0 spiro atoms. The first-order valence-corrected chi connectivity index (χ1v) is 8.11. The van der Waals surface area contributed by atoms with Crippen molar-refractivity contribution in [2.75, 3.05) is 12.4 Å². The van der Waals surface area contributed by atoms with Gasteiger partial charge in [-0.25, -0.2) is 4.68 Å². The average molecular weight is 320 g/mol. The van der Waals surface area contributed by atoms with Crippen molar-refractivity contribution in [2.24, 2.45) is 0 Å². The Labute approximate surface area is 141 Å². The summed E-state index contributed by atoms with van der Waals surface area (Å²) >= 11 is 0. The number of rotatable bonds is 3. The normalized spacial score (nSPS) is 19.4. The van der Waals surface area contributed by atoms with E-state index in [2.05, 4.69) is 58.7 Å². The van der Waals surface area contributed by atoms with Crippen LogP contribution in [0.15, 0.2) is 54.9 Å². The van der Waals surface area contributed by atoms with E-state index in [1.165, 1.54) is 16.7 Å². The molecule has 0 amide bonds. The van der Waals surface area contributed by atoms with Gasteiger partial charge in [0.05, 0.1) is 19.2 Å². The summed E-state index contributed by atoms with van der Waals surface area (Å²) in [6, 6.07) is 17.2. The van der Waals surface area contributed by atoms with Gasteiger partial charge in [-0.2, -0.15) is 10.1 Å². The van der Waals surface area contributed by atoms with Gasteiger partial charge in [0.2, 0.25) is 5.95 Å². The molecule has 0 radical (unpaired) electrons. The van der Waals surface area contributed by atoms with Crippen molar-refractivity contribution >= 4 is 5.95 Å². The Kier molecular flexibility index (Phi) is 3.69. The summed E-state index contributed by atoms with van der Waals surface area (Å²) in [7, 11) is 1.69. The molecule has 0 aliphatic carbocycles. The maximum Gasteiger partial charge on any atom is 0.222 e. The molecule has 0 bridgehead atoms. The van der Waals surface area contributed by atoms with Crippen LogP contribution in [0.5, 0.6) is 5.75 Å². The fourth-order valence-corrected chi connectivity index (χ4v) is 3.26. The van der Waals surface area contributed by atoms with Crippen molar-refractivity contribution in [2.45, 2.75) is 25.4 Å². The van der Waals surface area contributed by atoms with E-state index in [0.717, 1.165) is 18.1 Å². The van der Waals surface area contributed by atoms with Crippen LogP contribution in [-0.2, 0) is 0 Å². The van der Waals surface area contributed by atoms with Crippen molar-refractivity contribution in [1.29, 1.82) is 0 Å². The first kappa shape index (κ1) is 14.8. The van der Waals surface area contributed by atoms with E-state index in [9.17, 15) is 0 Å². The van der Waals surface area contributed by atoms with Crippen molar-refractivity contribution in [3.05, 3.63) is 71.5 Å². The number of anilines is 1. The average Bonchev–Trinajstić information content (AvgIpc) is 3.10. The van der Waals surface area contributed by atoms with Gasteiger partial charge in [-0.3, -0.25) is 0 Å². The van der Waals surface area contributed by atoms with Crippen LogP contribution < -0.4 is 10.1 Å². The standard InChI is InChI=1S/C19H20N4O/c1-13-6-8-14(9-7-13)17-11-18(23-19(22-17)20-12-21-23)15-4-3-5-16(10-15)24-2/h3-10,12,17-18H,11H2,1-2H3,(H,20,21,22)/t17-,18+/m0/s1. The monoisotopic (exact) mass is 320 g/mol. The second-order valence-corrected chi connectivity index (χ2v) is 6.16. The van der Waals surface area contributed by atoms with Crippen LogP contribution in [0.4, 0.5) is 5.95 Å². The van der Waals surface area contributed by atoms with Crippen LogP contribution in [0, 0.1) is 6.92 Å². The Morgan fingerprint density at radius 1 is 1.12 bits per heavy atom. The molecule has 0 fully saturated rings. The fraction of sp³-hybridized carbons (Fsp3) is 0.263. The van der Waals surface area contributed by atoms with E-state index >= 15 is 0 Å². The van der Waals surface area contributed by atoms with Crippen molar-refractivity contribution in [3.63, 3.8) is 0 Å². The highest BCUT2D eigenvalue weighted by atomic mass is 16.5. The van der Waals surface area contributed by atoms with Crippen LogP contribution in [0.3, 0.4) is 0 Å². The number of benzene rings is 2. The van der Waals surface area contributed by atoms with Gasteiger partial charge in [-0.05, 0) is 36.6 Å². The number of methoxy groups -OCH3 is 1. The smallest absolute Gasteiger partial charge is 0.222 e. The Balaban J connectivity index is 1.72. The molecule has 0 saturated heterocycles. The number of hydrogen-bond acceptors (Lipinski definition) is 4. The maximum atomic E-state index is 5.38. The lowest BCUT2D eigenvalue weighted by Crippen LogP contribution is -2.28. The highest BCUT2D eigenvalue weighted by Gasteiger charge is 2.30. The van der Waals surface area contributed by atoms with Gasteiger partial charge >= 0.3 is 0 Å². The van der Waals surface area contributed by atoms with Crippen LogP contribution in [0.1, 0.15) is 35.2 Å². The van der Waals surface area contributed by atoms with E-state index in [1.54, 1.807) is 13.4 Å². The summed E-state index contributed by atoms with van der Waals surface area (Å²) in [5.41, 5.74) is 3.71. The highest BCUT2D eigenvalue weighted by molar-refractivity contribution is 5.40. The second-order valence-electron chi connectivity index (χ2n) is 6.16. The molecule has 3 aromatic rings. The number of nitrogens with zero attached hydrogens (tertiary/aromatic N) is 3. The zero-order valence-corrected chi connectivity index (χ0v) is 13.8. The molecule has 4 rings (SSSR count). The molecule has 1 N–H and O–H groups in total. The van der Waals surface area contributed by atoms with Crippen molar-refractivity contribution in [3.8, 4) is 5.75 Å². The van der Waals surface area contributed by atoms with Crippen molar-refractivity contribution in [1.82, 2.24) is 14.8 Å². The van der Waals surface area contributed by atoms with Gasteiger partial charge in [0, 0.05) is 0 Å². The molecule has 5 heteroatoms. The van der Waals surface area contributed by atoms with Gasteiger partial charge < -0.3 is 10.1 Å². The van der Waals surface area contributed by atoms with Gasteiger partial charge in [-0.15, -0.1) is 0 Å². The lowest BCUT2D eigenvalue weighted by atomic mass is 9.93. The summed E-state index contributed by atoms with van der Waals surface area (Å²) in [6.45, 7) is 2.10. The summed E-state index contributed by atoms with van der Waals surface area (Å²) in [5.74, 6) is 1.67. The van der Waals surface area contributed by atoms with E-state index in [1.807, 2.05) is 16.8 Å². The molecule has 2 heterocycles. The maximum absolute atomic E-state index is 5.38. The third-order valence-electron chi connectivity index (χ3n) is 4.59. The van der Waals surface area contributed by atoms with Gasteiger partial charge in [-0.1, -0.05) is 42.0 Å². The van der Waals surface area contributed by atoms with Crippen LogP contribution in [-0.4, -0.2) is 21.9 Å². The molecular weight excluding hydrogens is 300 g/mol. The lowest BCUT2D eigenvalue weighted by Gasteiger charge is -2.32. The topological polar surface area (TPSA) is 52.0 Å². The van der Waals surface area contributed by atoms with Crippen molar-refractivity contribution < 1.29 is 4.74 Å². The third-order valence-corrected chi connectivity index (χ3v) is 4.59. The molecule has 5 nitrogen and oxygen atoms in total.